The Hall–Kier alpha value is -2.80. The van der Waals surface area contributed by atoms with Crippen LogP contribution in [0.15, 0.2) is 36.4 Å². The fourth-order valence-corrected chi connectivity index (χ4v) is 2.47. The summed E-state index contributed by atoms with van der Waals surface area (Å²) in [5.74, 6) is -0.378. The second-order valence-electron chi connectivity index (χ2n) is 5.55. The molecule has 8 heteroatoms. The van der Waals surface area contributed by atoms with Gasteiger partial charge in [-0.1, -0.05) is 11.6 Å². The van der Waals surface area contributed by atoms with Gasteiger partial charge in [-0.05, 0) is 42.3 Å². The lowest BCUT2D eigenvalue weighted by molar-refractivity contribution is -0.147. The van der Waals surface area contributed by atoms with Gasteiger partial charge in [-0.25, -0.2) is 4.39 Å². The molecule has 0 aromatic heterocycles. The third kappa shape index (κ3) is 6.45. The molecule has 0 fully saturated rings. The molecule has 6 nitrogen and oxygen atoms in total. The lowest BCUT2D eigenvalue weighted by atomic mass is 10.1. The molecule has 1 amide bonds. The van der Waals surface area contributed by atoms with Crippen molar-refractivity contribution in [2.75, 3.05) is 26.1 Å². The summed E-state index contributed by atoms with van der Waals surface area (Å²) in [5, 5.41) is 2.51. The second kappa shape index (κ2) is 9.78. The van der Waals surface area contributed by atoms with Crippen molar-refractivity contribution in [1.82, 2.24) is 0 Å². The van der Waals surface area contributed by atoms with Crippen LogP contribution in [0.4, 0.5) is 10.1 Å². The Morgan fingerprint density at radius 2 is 1.74 bits per heavy atom. The number of aryl methyl sites for hydroxylation is 1. The molecule has 27 heavy (non-hydrogen) atoms. The molecule has 0 bridgehead atoms. The second-order valence-corrected chi connectivity index (χ2v) is 5.96. The van der Waals surface area contributed by atoms with Gasteiger partial charge in [-0.2, -0.15) is 0 Å². The van der Waals surface area contributed by atoms with Crippen molar-refractivity contribution in [1.29, 1.82) is 0 Å². The van der Waals surface area contributed by atoms with E-state index in [1.165, 1.54) is 6.07 Å². The summed E-state index contributed by atoms with van der Waals surface area (Å²) in [7, 11) is 3.08. The maximum absolute atomic E-state index is 13.0. The van der Waals surface area contributed by atoms with E-state index in [-0.39, 0.29) is 17.1 Å². The van der Waals surface area contributed by atoms with Crippen LogP contribution >= 0.6 is 11.6 Å². The summed E-state index contributed by atoms with van der Waals surface area (Å²) in [6, 6.07) is 8.87. The van der Waals surface area contributed by atoms with Crippen molar-refractivity contribution in [3.05, 3.63) is 52.8 Å². The van der Waals surface area contributed by atoms with Crippen LogP contribution in [0.25, 0.3) is 0 Å². The molecule has 0 aliphatic heterocycles. The Labute approximate surface area is 161 Å². The molecule has 1 N–H and O–H groups in total. The van der Waals surface area contributed by atoms with Gasteiger partial charge < -0.3 is 19.5 Å². The first-order chi connectivity index (χ1) is 12.9. The van der Waals surface area contributed by atoms with Crippen LogP contribution in [0, 0.1) is 5.82 Å². The van der Waals surface area contributed by atoms with E-state index >= 15 is 0 Å². The quantitative estimate of drug-likeness (QED) is 0.691. The average Bonchev–Trinajstić information content (AvgIpc) is 2.66. The number of amides is 1. The third-order valence-corrected chi connectivity index (χ3v) is 3.91. The number of anilines is 1. The molecule has 2 rings (SSSR count). The SMILES string of the molecule is COc1cc(CCC(=O)OCC(=O)Nc2ccc(F)cc2Cl)cc(OC)c1. The Morgan fingerprint density at radius 1 is 1.07 bits per heavy atom. The van der Waals surface area contributed by atoms with Crippen molar-refractivity contribution in [3.63, 3.8) is 0 Å². The number of ether oxygens (including phenoxy) is 3. The summed E-state index contributed by atoms with van der Waals surface area (Å²) in [6.07, 6.45) is 0.485. The van der Waals surface area contributed by atoms with Crippen molar-refractivity contribution < 1.29 is 28.2 Å². The fourth-order valence-electron chi connectivity index (χ4n) is 2.25. The minimum absolute atomic E-state index is 0.0571. The molecular formula is C19H19ClFNO5. The van der Waals surface area contributed by atoms with E-state index in [2.05, 4.69) is 5.32 Å². The Balaban J connectivity index is 1.81. The number of hydrogen-bond donors (Lipinski definition) is 1. The van der Waals surface area contributed by atoms with Gasteiger partial charge in [0.25, 0.3) is 5.91 Å². The van der Waals surface area contributed by atoms with Crippen LogP contribution in [-0.4, -0.2) is 32.7 Å². The number of rotatable bonds is 8. The molecule has 2 aromatic carbocycles. The number of methoxy groups -OCH3 is 2. The summed E-state index contributed by atoms with van der Waals surface area (Å²) >= 11 is 5.82. The zero-order valence-corrected chi connectivity index (χ0v) is 15.6. The molecule has 0 aliphatic rings. The summed E-state index contributed by atoms with van der Waals surface area (Å²) < 4.78 is 28.3. The highest BCUT2D eigenvalue weighted by Gasteiger charge is 2.11. The third-order valence-electron chi connectivity index (χ3n) is 3.60. The number of carbonyl (C=O) groups is 2. The van der Waals surface area contributed by atoms with Gasteiger partial charge >= 0.3 is 5.97 Å². The molecule has 144 valence electrons. The van der Waals surface area contributed by atoms with E-state index in [4.69, 9.17) is 25.8 Å². The van der Waals surface area contributed by atoms with Gasteiger partial charge in [0.1, 0.15) is 17.3 Å². The Morgan fingerprint density at radius 3 is 2.33 bits per heavy atom. The van der Waals surface area contributed by atoms with Crippen molar-refractivity contribution >= 4 is 29.2 Å². The lowest BCUT2D eigenvalue weighted by Gasteiger charge is -2.09. The van der Waals surface area contributed by atoms with E-state index in [0.29, 0.717) is 17.9 Å². The van der Waals surface area contributed by atoms with Crippen LogP contribution < -0.4 is 14.8 Å². The topological polar surface area (TPSA) is 73.9 Å². The smallest absolute Gasteiger partial charge is 0.306 e. The molecular weight excluding hydrogens is 377 g/mol. The van der Waals surface area contributed by atoms with Crippen LogP contribution in [-0.2, 0) is 20.7 Å². The fraction of sp³-hybridized carbons (Fsp3) is 0.263. The number of esters is 1. The predicted molar refractivity (Wildman–Crippen MR) is 98.9 cm³/mol. The van der Waals surface area contributed by atoms with E-state index in [1.54, 1.807) is 32.4 Å². The molecule has 0 unspecified atom stereocenters. The zero-order valence-electron chi connectivity index (χ0n) is 14.9. The minimum Gasteiger partial charge on any atom is -0.497 e. The largest absolute Gasteiger partial charge is 0.497 e. The van der Waals surface area contributed by atoms with Crippen LogP contribution in [0.1, 0.15) is 12.0 Å². The molecule has 0 atom stereocenters. The van der Waals surface area contributed by atoms with Gasteiger partial charge in [0.15, 0.2) is 6.61 Å². The molecule has 0 aliphatic carbocycles. The number of carbonyl (C=O) groups excluding carboxylic acids is 2. The minimum atomic E-state index is -0.570. The monoisotopic (exact) mass is 395 g/mol. The molecule has 0 radical (unpaired) electrons. The van der Waals surface area contributed by atoms with Crippen LogP contribution in [0.5, 0.6) is 11.5 Å². The first kappa shape index (κ1) is 20.5. The Bertz CT molecular complexity index is 805. The zero-order chi connectivity index (χ0) is 19.8. The number of halogens is 2. The standard InChI is InChI=1S/C19H19ClFNO5/c1-25-14-7-12(8-15(10-14)26-2)3-6-19(24)27-11-18(23)22-17-5-4-13(21)9-16(17)20/h4-5,7-10H,3,6,11H2,1-2H3,(H,22,23). The maximum atomic E-state index is 13.0. The highest BCUT2D eigenvalue weighted by Crippen LogP contribution is 2.24. The number of nitrogens with one attached hydrogen (secondary N) is 1. The summed E-state index contributed by atoms with van der Waals surface area (Å²) in [4.78, 5) is 23.7. The summed E-state index contributed by atoms with van der Waals surface area (Å²) in [6.45, 7) is -0.464. The van der Waals surface area contributed by atoms with E-state index in [9.17, 15) is 14.0 Å². The predicted octanol–water partition coefficient (Wildman–Crippen LogP) is 3.61. The average molecular weight is 396 g/mol. The van der Waals surface area contributed by atoms with Crippen molar-refractivity contribution in [2.45, 2.75) is 12.8 Å². The lowest BCUT2D eigenvalue weighted by Crippen LogP contribution is -2.21. The molecule has 2 aromatic rings. The first-order valence-electron chi connectivity index (χ1n) is 8.03. The van der Waals surface area contributed by atoms with E-state index in [0.717, 1.165) is 17.7 Å². The Kier molecular flexibility index (Phi) is 7.43. The maximum Gasteiger partial charge on any atom is 0.306 e. The first-order valence-corrected chi connectivity index (χ1v) is 8.41. The van der Waals surface area contributed by atoms with Crippen LogP contribution in [0.3, 0.4) is 0 Å². The normalized spacial score (nSPS) is 10.2. The number of benzene rings is 2. The van der Waals surface area contributed by atoms with E-state index < -0.39 is 24.3 Å². The van der Waals surface area contributed by atoms with Gasteiger partial charge in [0.2, 0.25) is 0 Å². The number of hydrogen-bond acceptors (Lipinski definition) is 5. The molecule has 0 spiro atoms. The molecule has 0 heterocycles. The highest BCUT2D eigenvalue weighted by molar-refractivity contribution is 6.33. The van der Waals surface area contributed by atoms with Crippen LogP contribution in [0.2, 0.25) is 5.02 Å². The van der Waals surface area contributed by atoms with Crippen molar-refractivity contribution in [3.8, 4) is 11.5 Å². The van der Waals surface area contributed by atoms with Gasteiger partial charge in [0, 0.05) is 12.5 Å². The van der Waals surface area contributed by atoms with Gasteiger partial charge in [-0.3, -0.25) is 9.59 Å². The highest BCUT2D eigenvalue weighted by atomic mass is 35.5. The van der Waals surface area contributed by atoms with E-state index in [1.807, 2.05) is 0 Å². The van der Waals surface area contributed by atoms with Crippen molar-refractivity contribution in [2.24, 2.45) is 0 Å². The molecule has 0 saturated heterocycles. The molecule has 0 saturated carbocycles. The van der Waals surface area contributed by atoms with Gasteiger partial charge in [0.05, 0.1) is 24.9 Å². The summed E-state index contributed by atoms with van der Waals surface area (Å²) in [5.41, 5.74) is 1.08. The van der Waals surface area contributed by atoms with Gasteiger partial charge in [-0.15, -0.1) is 0 Å².